The maximum atomic E-state index is 13.0. The van der Waals surface area contributed by atoms with E-state index in [4.69, 9.17) is 4.74 Å². The molecule has 2 aromatic rings. The fraction of sp³-hybridized carbons (Fsp3) is 0.231. The van der Waals surface area contributed by atoms with Gasteiger partial charge in [-0.15, -0.1) is 0 Å². The summed E-state index contributed by atoms with van der Waals surface area (Å²) in [7, 11) is 0. The molecular formula is C13H14FN3O. The molecule has 5 heteroatoms. The van der Waals surface area contributed by atoms with Crippen molar-refractivity contribution in [3.8, 4) is 5.88 Å². The number of anilines is 1. The minimum atomic E-state index is -0.244. The fourth-order valence-electron chi connectivity index (χ4n) is 1.50. The predicted octanol–water partition coefficient (Wildman–Crippen LogP) is 2.63. The average Bonchev–Trinajstić information content (AvgIpc) is 2.37. The monoisotopic (exact) mass is 247 g/mol. The number of benzene rings is 1. The van der Waals surface area contributed by atoms with Crippen LogP contribution < -0.4 is 10.1 Å². The van der Waals surface area contributed by atoms with Crippen molar-refractivity contribution in [2.75, 3.05) is 11.9 Å². The minimum absolute atomic E-state index is 0.244. The number of nitrogens with zero attached hydrogens (tertiary/aromatic N) is 2. The highest BCUT2D eigenvalue weighted by Gasteiger charge is 2.00. The smallest absolute Gasteiger partial charge is 0.218 e. The molecule has 0 saturated carbocycles. The van der Waals surface area contributed by atoms with Gasteiger partial charge in [0.05, 0.1) is 6.61 Å². The number of ether oxygens (including phenoxy) is 1. The summed E-state index contributed by atoms with van der Waals surface area (Å²) >= 11 is 0. The summed E-state index contributed by atoms with van der Waals surface area (Å²) in [5, 5.41) is 3.09. The third-order valence-electron chi connectivity index (χ3n) is 2.30. The molecule has 2 rings (SSSR count). The van der Waals surface area contributed by atoms with Gasteiger partial charge in [0.25, 0.3) is 0 Å². The van der Waals surface area contributed by atoms with Crippen LogP contribution in [0.3, 0.4) is 0 Å². The topological polar surface area (TPSA) is 47.0 Å². The number of halogens is 1. The van der Waals surface area contributed by atoms with Gasteiger partial charge >= 0.3 is 0 Å². The van der Waals surface area contributed by atoms with Crippen molar-refractivity contribution in [3.05, 3.63) is 48.0 Å². The van der Waals surface area contributed by atoms with E-state index in [9.17, 15) is 4.39 Å². The van der Waals surface area contributed by atoms with Gasteiger partial charge in [0.15, 0.2) is 0 Å². The predicted molar refractivity (Wildman–Crippen MR) is 66.9 cm³/mol. The first-order valence-electron chi connectivity index (χ1n) is 5.71. The molecule has 0 saturated heterocycles. The van der Waals surface area contributed by atoms with Crippen LogP contribution in [0.1, 0.15) is 12.5 Å². The molecule has 0 amide bonds. The standard InChI is InChI=1S/C13H14FN3O/c1-2-18-13-7-12(16-9-17-13)15-8-10-4-3-5-11(14)6-10/h3-7,9H,2,8H2,1H3,(H,15,16,17). The van der Waals surface area contributed by atoms with Crippen molar-refractivity contribution < 1.29 is 9.13 Å². The molecule has 0 atom stereocenters. The molecule has 0 spiro atoms. The Morgan fingerprint density at radius 2 is 2.17 bits per heavy atom. The van der Waals surface area contributed by atoms with Crippen LogP contribution >= 0.6 is 0 Å². The number of nitrogens with one attached hydrogen (secondary N) is 1. The Morgan fingerprint density at radius 3 is 2.94 bits per heavy atom. The minimum Gasteiger partial charge on any atom is -0.478 e. The average molecular weight is 247 g/mol. The molecule has 0 aliphatic carbocycles. The van der Waals surface area contributed by atoms with E-state index in [1.807, 2.05) is 13.0 Å². The van der Waals surface area contributed by atoms with E-state index in [-0.39, 0.29) is 5.82 Å². The Morgan fingerprint density at radius 1 is 1.28 bits per heavy atom. The lowest BCUT2D eigenvalue weighted by Crippen LogP contribution is -2.03. The Bertz CT molecular complexity index is 519. The molecule has 0 unspecified atom stereocenters. The second kappa shape index (κ2) is 5.95. The van der Waals surface area contributed by atoms with Gasteiger partial charge in [-0.2, -0.15) is 0 Å². The molecule has 0 aliphatic heterocycles. The maximum absolute atomic E-state index is 13.0. The highest BCUT2D eigenvalue weighted by molar-refractivity contribution is 5.38. The van der Waals surface area contributed by atoms with Crippen LogP contribution in [-0.4, -0.2) is 16.6 Å². The van der Waals surface area contributed by atoms with E-state index in [2.05, 4.69) is 15.3 Å². The molecule has 1 heterocycles. The number of rotatable bonds is 5. The molecule has 18 heavy (non-hydrogen) atoms. The Kier molecular flexibility index (Phi) is 4.06. The molecule has 0 fully saturated rings. The highest BCUT2D eigenvalue weighted by Crippen LogP contribution is 2.12. The highest BCUT2D eigenvalue weighted by atomic mass is 19.1. The van der Waals surface area contributed by atoms with Gasteiger partial charge < -0.3 is 10.1 Å². The summed E-state index contributed by atoms with van der Waals surface area (Å²) in [4.78, 5) is 8.03. The van der Waals surface area contributed by atoms with Gasteiger partial charge in [0.2, 0.25) is 5.88 Å². The van der Waals surface area contributed by atoms with Crippen LogP contribution in [0.2, 0.25) is 0 Å². The van der Waals surface area contributed by atoms with Gasteiger partial charge in [-0.05, 0) is 24.6 Å². The van der Waals surface area contributed by atoms with Gasteiger partial charge in [0.1, 0.15) is 18.0 Å². The second-order valence-corrected chi connectivity index (χ2v) is 3.66. The van der Waals surface area contributed by atoms with Crippen LogP contribution in [0.15, 0.2) is 36.7 Å². The molecule has 0 bridgehead atoms. The van der Waals surface area contributed by atoms with Crippen LogP contribution in [0, 0.1) is 5.82 Å². The number of aromatic nitrogens is 2. The van der Waals surface area contributed by atoms with Crippen LogP contribution in [-0.2, 0) is 6.54 Å². The molecule has 1 N–H and O–H groups in total. The lowest BCUT2D eigenvalue weighted by Gasteiger charge is -2.07. The van der Waals surface area contributed by atoms with E-state index in [1.54, 1.807) is 12.1 Å². The summed E-state index contributed by atoms with van der Waals surface area (Å²) in [6.45, 7) is 2.95. The Balaban J connectivity index is 1.99. The van der Waals surface area contributed by atoms with Gasteiger partial charge in [-0.3, -0.25) is 0 Å². The first kappa shape index (κ1) is 12.3. The van der Waals surface area contributed by atoms with Crippen molar-refractivity contribution in [1.29, 1.82) is 0 Å². The van der Waals surface area contributed by atoms with Crippen molar-refractivity contribution >= 4 is 5.82 Å². The number of hydrogen-bond acceptors (Lipinski definition) is 4. The van der Waals surface area contributed by atoms with E-state index in [0.717, 1.165) is 5.56 Å². The molecule has 4 nitrogen and oxygen atoms in total. The summed E-state index contributed by atoms with van der Waals surface area (Å²) in [6, 6.07) is 8.14. The third kappa shape index (κ3) is 3.41. The lowest BCUT2D eigenvalue weighted by molar-refractivity contribution is 0.326. The van der Waals surface area contributed by atoms with Gasteiger partial charge in [-0.1, -0.05) is 12.1 Å². The summed E-state index contributed by atoms with van der Waals surface area (Å²) < 4.78 is 18.3. The molecule has 0 aliphatic rings. The molecule has 0 radical (unpaired) electrons. The van der Waals surface area contributed by atoms with Crippen molar-refractivity contribution in [2.24, 2.45) is 0 Å². The van der Waals surface area contributed by atoms with E-state index in [1.165, 1.54) is 18.5 Å². The second-order valence-electron chi connectivity index (χ2n) is 3.66. The first-order valence-corrected chi connectivity index (χ1v) is 5.71. The van der Waals surface area contributed by atoms with Crippen molar-refractivity contribution in [1.82, 2.24) is 9.97 Å². The molecule has 1 aromatic carbocycles. The Hall–Kier alpha value is -2.17. The summed E-state index contributed by atoms with van der Waals surface area (Å²) in [5.74, 6) is 0.930. The normalized spacial score (nSPS) is 10.1. The summed E-state index contributed by atoms with van der Waals surface area (Å²) in [5.41, 5.74) is 0.853. The van der Waals surface area contributed by atoms with Crippen molar-refractivity contribution in [3.63, 3.8) is 0 Å². The molecular weight excluding hydrogens is 233 g/mol. The third-order valence-corrected chi connectivity index (χ3v) is 2.30. The zero-order chi connectivity index (χ0) is 12.8. The maximum Gasteiger partial charge on any atom is 0.218 e. The lowest BCUT2D eigenvalue weighted by atomic mass is 10.2. The first-order chi connectivity index (χ1) is 8.78. The molecule has 94 valence electrons. The zero-order valence-electron chi connectivity index (χ0n) is 10.1. The zero-order valence-corrected chi connectivity index (χ0v) is 10.1. The fourth-order valence-corrected chi connectivity index (χ4v) is 1.50. The molecule has 1 aromatic heterocycles. The van der Waals surface area contributed by atoms with Crippen LogP contribution in [0.25, 0.3) is 0 Å². The number of hydrogen-bond donors (Lipinski definition) is 1. The van der Waals surface area contributed by atoms with Gasteiger partial charge in [-0.25, -0.2) is 14.4 Å². The SMILES string of the molecule is CCOc1cc(NCc2cccc(F)c2)ncn1. The van der Waals surface area contributed by atoms with E-state index in [0.29, 0.717) is 24.8 Å². The quantitative estimate of drug-likeness (QED) is 0.882. The Labute approximate surface area is 105 Å². The van der Waals surface area contributed by atoms with Gasteiger partial charge in [0, 0.05) is 12.6 Å². The van der Waals surface area contributed by atoms with Crippen molar-refractivity contribution in [2.45, 2.75) is 13.5 Å². The van der Waals surface area contributed by atoms with E-state index >= 15 is 0 Å². The largest absolute Gasteiger partial charge is 0.478 e. The van der Waals surface area contributed by atoms with E-state index < -0.39 is 0 Å². The summed E-state index contributed by atoms with van der Waals surface area (Å²) in [6.07, 6.45) is 1.43. The van der Waals surface area contributed by atoms with Crippen LogP contribution in [0.4, 0.5) is 10.2 Å². The van der Waals surface area contributed by atoms with Crippen LogP contribution in [0.5, 0.6) is 5.88 Å².